The molecular formula is C28H44N4O8SSi. The Balaban J connectivity index is 2.51. The summed E-state index contributed by atoms with van der Waals surface area (Å²) in [6.45, 7) is 14.3. The lowest BCUT2D eigenvalue weighted by atomic mass is 9.97. The van der Waals surface area contributed by atoms with Crippen LogP contribution in [0, 0.1) is 0 Å². The van der Waals surface area contributed by atoms with E-state index in [-0.39, 0.29) is 31.2 Å². The quantitative estimate of drug-likeness (QED) is 0.0571. The van der Waals surface area contributed by atoms with Gasteiger partial charge in [-0.25, -0.2) is 4.79 Å². The molecule has 12 nitrogen and oxygen atoms in total. The summed E-state index contributed by atoms with van der Waals surface area (Å²) in [6.07, 6.45) is -0.940. The number of azide groups is 1. The number of hydrogen-bond acceptors (Lipinski definition) is 9. The van der Waals surface area contributed by atoms with Crippen LogP contribution in [-0.4, -0.2) is 81.3 Å². The van der Waals surface area contributed by atoms with E-state index in [0.717, 1.165) is 5.56 Å². The first-order valence-corrected chi connectivity index (χ1v) is 17.7. The molecule has 0 unspecified atom stereocenters. The van der Waals surface area contributed by atoms with Gasteiger partial charge < -0.3 is 33.8 Å². The Hall–Kier alpha value is -2.74. The van der Waals surface area contributed by atoms with E-state index in [0.29, 0.717) is 17.9 Å². The van der Waals surface area contributed by atoms with Gasteiger partial charge in [-0.15, -0.1) is 11.8 Å². The van der Waals surface area contributed by atoms with Crippen molar-refractivity contribution in [3.63, 3.8) is 0 Å². The summed E-state index contributed by atoms with van der Waals surface area (Å²) in [6, 6.07) is 6.72. The molecule has 1 aliphatic rings. The van der Waals surface area contributed by atoms with Gasteiger partial charge in [-0.2, -0.15) is 0 Å². The van der Waals surface area contributed by atoms with E-state index in [1.807, 2.05) is 24.3 Å². The molecule has 0 aliphatic carbocycles. The topological polar surface area (TPSA) is 161 Å². The van der Waals surface area contributed by atoms with Crippen molar-refractivity contribution in [1.82, 2.24) is 5.32 Å². The fourth-order valence-corrected chi connectivity index (χ4v) is 6.48. The molecule has 234 valence electrons. The maximum atomic E-state index is 12.9. The lowest BCUT2D eigenvalue weighted by molar-refractivity contribution is -0.176. The van der Waals surface area contributed by atoms with Crippen LogP contribution in [0.15, 0.2) is 42.0 Å². The van der Waals surface area contributed by atoms with Gasteiger partial charge in [0.15, 0.2) is 8.32 Å². The minimum atomic E-state index is -2.47. The molecule has 1 aromatic rings. The van der Waals surface area contributed by atoms with Crippen LogP contribution >= 0.6 is 11.8 Å². The Morgan fingerprint density at radius 1 is 1.26 bits per heavy atom. The van der Waals surface area contributed by atoms with Crippen LogP contribution in [0.4, 0.5) is 4.79 Å². The Bertz CT molecular complexity index is 1080. The number of alkyl carbamates (subject to hydrolysis) is 1. The molecule has 2 rings (SSSR count). The molecule has 2 N–H and O–H groups in total. The zero-order chi connectivity index (χ0) is 31.3. The number of aliphatic carboxylic acids is 1. The summed E-state index contributed by atoms with van der Waals surface area (Å²) in [5.41, 5.74) is 9.34. The Kier molecular flexibility index (Phi) is 14.2. The van der Waals surface area contributed by atoms with Gasteiger partial charge in [0, 0.05) is 11.3 Å². The average molecular weight is 625 g/mol. The van der Waals surface area contributed by atoms with Crippen LogP contribution in [-0.2, 0) is 30.0 Å². The first-order valence-electron chi connectivity index (χ1n) is 13.8. The van der Waals surface area contributed by atoms with Crippen molar-refractivity contribution in [3.05, 3.63) is 52.9 Å². The van der Waals surface area contributed by atoms with E-state index in [1.54, 1.807) is 7.11 Å². The van der Waals surface area contributed by atoms with Crippen molar-refractivity contribution in [3.8, 4) is 5.75 Å². The van der Waals surface area contributed by atoms with Crippen LogP contribution in [0.5, 0.6) is 5.75 Å². The lowest BCUT2D eigenvalue weighted by Gasteiger charge is -2.50. The fraction of sp³-hybridized carbons (Fsp3) is 0.643. The van der Waals surface area contributed by atoms with Crippen molar-refractivity contribution >= 4 is 32.1 Å². The highest BCUT2D eigenvalue weighted by Gasteiger charge is 2.52. The third-order valence-corrected chi connectivity index (χ3v) is 13.0. The molecule has 14 heteroatoms. The predicted molar refractivity (Wildman–Crippen MR) is 164 cm³/mol. The first kappa shape index (κ1) is 35.5. The first-order chi connectivity index (χ1) is 19.8. The van der Waals surface area contributed by atoms with Gasteiger partial charge in [-0.05, 0) is 53.5 Å². The molecule has 0 radical (unpaired) electrons. The van der Waals surface area contributed by atoms with E-state index in [9.17, 15) is 9.59 Å². The number of carbonyl (C=O) groups excluding carboxylic acids is 1. The number of carboxylic acid groups (broad SMARTS) is 1. The molecule has 1 fully saturated rings. The molecule has 1 aromatic carbocycles. The summed E-state index contributed by atoms with van der Waals surface area (Å²) in [7, 11) is -0.873. The summed E-state index contributed by atoms with van der Waals surface area (Å²) < 4.78 is 30.4. The number of carbonyl (C=O) groups is 2. The second kappa shape index (κ2) is 16.8. The Labute approximate surface area is 253 Å². The Morgan fingerprint density at radius 3 is 2.52 bits per heavy atom. The van der Waals surface area contributed by atoms with E-state index >= 15 is 0 Å². The molecule has 0 aromatic heterocycles. The second-order valence-electron chi connectivity index (χ2n) is 11.3. The normalized spacial score (nSPS) is 22.5. The van der Waals surface area contributed by atoms with Gasteiger partial charge in [0.1, 0.15) is 23.9 Å². The van der Waals surface area contributed by atoms with E-state index in [4.69, 9.17) is 34.0 Å². The number of rotatable bonds is 16. The van der Waals surface area contributed by atoms with E-state index in [2.05, 4.69) is 55.8 Å². The highest BCUT2D eigenvalue weighted by molar-refractivity contribution is 7.99. The minimum absolute atomic E-state index is 0.00115. The number of thioether (sulfide) groups is 1. The Morgan fingerprint density at radius 2 is 1.95 bits per heavy atom. The summed E-state index contributed by atoms with van der Waals surface area (Å²) >= 11 is 1.36. The maximum Gasteiger partial charge on any atom is 0.407 e. The standard InChI is InChI=1S/C28H44N4O8SSi/c1-8-15-37-27(35)31-23-25(40-42(6,7)28(2,3)4)24(38-18-19-11-13-20(36-5)14-12-19)21(17-30-32-29)39-26(23)41-16-9-10-22(33)34/h8,11-14,21,23-26H,1,9-10,15-18H2,2-7H3,(H,31,35)(H,33,34)/t21-,23-,24+,25-,26-/m1/s1. The molecular weight excluding hydrogens is 580 g/mol. The predicted octanol–water partition coefficient (Wildman–Crippen LogP) is 5.88. The number of carboxylic acids is 1. The average Bonchev–Trinajstić information content (AvgIpc) is 2.93. The van der Waals surface area contributed by atoms with Crippen molar-refractivity contribution in [2.24, 2.45) is 5.11 Å². The smallest absolute Gasteiger partial charge is 0.407 e. The molecule has 0 spiro atoms. The van der Waals surface area contributed by atoms with Crippen molar-refractivity contribution in [2.75, 3.05) is 26.0 Å². The molecule has 1 aliphatic heterocycles. The highest BCUT2D eigenvalue weighted by atomic mass is 32.2. The number of benzene rings is 1. The van der Waals surface area contributed by atoms with Crippen LogP contribution in [0.1, 0.15) is 39.2 Å². The zero-order valence-electron chi connectivity index (χ0n) is 25.3. The maximum absolute atomic E-state index is 12.9. The van der Waals surface area contributed by atoms with Crippen LogP contribution in [0.2, 0.25) is 18.1 Å². The molecule has 0 saturated carbocycles. The molecule has 1 saturated heterocycles. The van der Waals surface area contributed by atoms with Crippen LogP contribution in [0.25, 0.3) is 10.4 Å². The number of nitrogens with one attached hydrogen (secondary N) is 1. The van der Waals surface area contributed by atoms with Gasteiger partial charge in [-0.1, -0.05) is 50.7 Å². The van der Waals surface area contributed by atoms with Gasteiger partial charge in [-0.3, -0.25) is 4.79 Å². The van der Waals surface area contributed by atoms with Gasteiger partial charge in [0.25, 0.3) is 0 Å². The number of ether oxygens (including phenoxy) is 4. The van der Waals surface area contributed by atoms with Crippen LogP contribution < -0.4 is 10.1 Å². The number of hydrogen-bond donors (Lipinski definition) is 2. The molecule has 1 amide bonds. The molecule has 0 bridgehead atoms. The lowest BCUT2D eigenvalue weighted by Crippen LogP contribution is -2.67. The van der Waals surface area contributed by atoms with Crippen molar-refractivity contribution in [1.29, 1.82) is 0 Å². The third-order valence-electron chi connectivity index (χ3n) is 7.24. The number of methoxy groups -OCH3 is 1. The SMILES string of the molecule is C=CCOC(=O)N[C@@H]1[C@@H](O[Si](C)(C)C(C)(C)C)[C@@H](OCc2ccc(OC)cc2)[C@@H](CN=[N+]=[N-])O[C@@H]1SCCCC(=O)O. The largest absolute Gasteiger partial charge is 0.497 e. The molecule has 42 heavy (non-hydrogen) atoms. The van der Waals surface area contributed by atoms with Crippen LogP contribution in [0.3, 0.4) is 0 Å². The summed E-state index contributed by atoms with van der Waals surface area (Å²) in [5, 5.41) is 15.6. The summed E-state index contributed by atoms with van der Waals surface area (Å²) in [4.78, 5) is 26.9. The minimum Gasteiger partial charge on any atom is -0.497 e. The second-order valence-corrected chi connectivity index (χ2v) is 17.3. The monoisotopic (exact) mass is 624 g/mol. The van der Waals surface area contributed by atoms with Gasteiger partial charge in [0.2, 0.25) is 0 Å². The molecule has 5 atom stereocenters. The fourth-order valence-electron chi connectivity index (χ4n) is 3.97. The van der Waals surface area contributed by atoms with Gasteiger partial charge >= 0.3 is 12.1 Å². The molecule has 1 heterocycles. The van der Waals surface area contributed by atoms with Gasteiger partial charge in [0.05, 0.1) is 38.5 Å². The third kappa shape index (κ3) is 10.8. The van der Waals surface area contributed by atoms with Crippen molar-refractivity contribution in [2.45, 2.75) is 88.1 Å². The summed E-state index contributed by atoms with van der Waals surface area (Å²) in [5.74, 6) is 0.273. The van der Waals surface area contributed by atoms with E-state index < -0.39 is 50.2 Å². The number of amides is 1. The van der Waals surface area contributed by atoms with E-state index in [1.165, 1.54) is 17.8 Å². The zero-order valence-corrected chi connectivity index (χ0v) is 27.1. The number of nitrogens with zero attached hydrogens (tertiary/aromatic N) is 3. The van der Waals surface area contributed by atoms with Crippen molar-refractivity contribution < 1.29 is 38.1 Å². The highest BCUT2D eigenvalue weighted by Crippen LogP contribution is 2.41.